The zero-order valence-electron chi connectivity index (χ0n) is 14.8. The van der Waals surface area contributed by atoms with Gasteiger partial charge < -0.3 is 20.3 Å². The molecular weight excluding hydrogens is 376 g/mol. The standard InChI is InChI=1S/C20H16N4O3S/c1-12-5-7-13(8-6-12)22-20-23-17(11-28-20)18-10-16(24-27-18)19(26)21-14-3-2-4-15(25)9-14/h2-11,25H,1H3,(H,21,26)(H,22,23). The number of thiazole rings is 1. The van der Waals surface area contributed by atoms with Crippen LogP contribution < -0.4 is 10.6 Å². The number of carbonyl (C=O) groups is 1. The average molecular weight is 392 g/mol. The predicted octanol–water partition coefficient (Wildman–Crippen LogP) is 4.81. The van der Waals surface area contributed by atoms with Crippen LogP contribution >= 0.6 is 11.3 Å². The lowest BCUT2D eigenvalue weighted by molar-refractivity contribution is 0.101. The van der Waals surface area contributed by atoms with Crippen molar-refractivity contribution in [2.45, 2.75) is 6.92 Å². The number of aromatic hydroxyl groups is 1. The van der Waals surface area contributed by atoms with Crippen LogP contribution in [0.4, 0.5) is 16.5 Å². The summed E-state index contributed by atoms with van der Waals surface area (Å²) in [6, 6.07) is 15.8. The fourth-order valence-corrected chi connectivity index (χ4v) is 3.21. The van der Waals surface area contributed by atoms with E-state index >= 15 is 0 Å². The second-order valence-corrected chi connectivity index (χ2v) is 6.97. The van der Waals surface area contributed by atoms with Crippen molar-refractivity contribution in [3.8, 4) is 17.2 Å². The summed E-state index contributed by atoms with van der Waals surface area (Å²) in [7, 11) is 0. The first-order valence-corrected chi connectivity index (χ1v) is 9.31. The zero-order valence-corrected chi connectivity index (χ0v) is 15.7. The van der Waals surface area contributed by atoms with Gasteiger partial charge in [0.15, 0.2) is 16.6 Å². The maximum atomic E-state index is 12.3. The smallest absolute Gasteiger partial charge is 0.277 e. The van der Waals surface area contributed by atoms with Crippen LogP contribution in [0.15, 0.2) is 64.5 Å². The molecule has 0 bridgehead atoms. The van der Waals surface area contributed by atoms with Gasteiger partial charge in [0, 0.05) is 28.9 Å². The molecule has 0 saturated carbocycles. The molecule has 2 aromatic heterocycles. The van der Waals surface area contributed by atoms with Gasteiger partial charge in [-0.2, -0.15) is 0 Å². The first-order valence-electron chi connectivity index (χ1n) is 8.43. The molecule has 2 heterocycles. The van der Waals surface area contributed by atoms with E-state index in [9.17, 15) is 9.90 Å². The maximum Gasteiger partial charge on any atom is 0.277 e. The Morgan fingerprint density at radius 3 is 2.71 bits per heavy atom. The number of rotatable bonds is 5. The number of anilines is 3. The van der Waals surface area contributed by atoms with Crippen molar-refractivity contribution in [2.75, 3.05) is 10.6 Å². The fraction of sp³-hybridized carbons (Fsp3) is 0.0500. The molecule has 0 atom stereocenters. The molecule has 0 aliphatic rings. The third-order valence-electron chi connectivity index (χ3n) is 3.91. The third kappa shape index (κ3) is 4.02. The Kier molecular flexibility index (Phi) is 4.77. The Morgan fingerprint density at radius 2 is 1.93 bits per heavy atom. The van der Waals surface area contributed by atoms with Gasteiger partial charge in [0.1, 0.15) is 11.4 Å². The van der Waals surface area contributed by atoms with Crippen LogP contribution in [0, 0.1) is 6.92 Å². The molecule has 4 aromatic rings. The van der Waals surface area contributed by atoms with Crippen LogP contribution in [0.1, 0.15) is 16.1 Å². The van der Waals surface area contributed by atoms with Gasteiger partial charge in [-0.15, -0.1) is 11.3 Å². The molecule has 0 aliphatic heterocycles. The van der Waals surface area contributed by atoms with E-state index in [1.807, 2.05) is 36.6 Å². The number of hydrogen-bond donors (Lipinski definition) is 3. The Labute approximate surface area is 164 Å². The van der Waals surface area contributed by atoms with Crippen LogP contribution in [0.25, 0.3) is 11.5 Å². The van der Waals surface area contributed by atoms with E-state index in [0.717, 1.165) is 5.69 Å². The molecule has 4 rings (SSSR count). The highest BCUT2D eigenvalue weighted by Gasteiger charge is 2.16. The maximum absolute atomic E-state index is 12.3. The number of aryl methyl sites for hydroxylation is 1. The Bertz CT molecular complexity index is 1120. The number of nitrogens with one attached hydrogen (secondary N) is 2. The fourth-order valence-electron chi connectivity index (χ4n) is 2.49. The number of phenolic OH excluding ortho intramolecular Hbond substituents is 1. The van der Waals surface area contributed by atoms with Gasteiger partial charge in [0.05, 0.1) is 0 Å². The molecule has 0 fully saturated rings. The second-order valence-electron chi connectivity index (χ2n) is 6.11. The van der Waals surface area contributed by atoms with Crippen LogP contribution in [-0.2, 0) is 0 Å². The van der Waals surface area contributed by atoms with Crippen molar-refractivity contribution in [1.82, 2.24) is 10.1 Å². The third-order valence-corrected chi connectivity index (χ3v) is 4.66. The molecule has 0 spiro atoms. The van der Waals surface area contributed by atoms with Gasteiger partial charge in [-0.1, -0.05) is 28.9 Å². The van der Waals surface area contributed by atoms with Crippen molar-refractivity contribution in [3.05, 3.63) is 71.2 Å². The summed E-state index contributed by atoms with van der Waals surface area (Å²) in [5, 5.41) is 21.7. The molecule has 0 unspecified atom stereocenters. The number of aromatic nitrogens is 2. The topological polar surface area (TPSA) is 100 Å². The highest BCUT2D eigenvalue weighted by Crippen LogP contribution is 2.28. The van der Waals surface area contributed by atoms with Gasteiger partial charge >= 0.3 is 0 Å². The summed E-state index contributed by atoms with van der Waals surface area (Å²) < 4.78 is 5.27. The lowest BCUT2D eigenvalue weighted by Gasteiger charge is -2.02. The van der Waals surface area contributed by atoms with Crippen molar-refractivity contribution in [3.63, 3.8) is 0 Å². The molecule has 8 heteroatoms. The van der Waals surface area contributed by atoms with Crippen molar-refractivity contribution >= 4 is 33.8 Å². The van der Waals surface area contributed by atoms with Gasteiger partial charge in [-0.3, -0.25) is 4.79 Å². The molecule has 0 aliphatic carbocycles. The Morgan fingerprint density at radius 1 is 1.11 bits per heavy atom. The second kappa shape index (κ2) is 7.53. The normalized spacial score (nSPS) is 10.6. The highest BCUT2D eigenvalue weighted by atomic mass is 32.1. The van der Waals surface area contributed by atoms with Crippen LogP contribution in [0.5, 0.6) is 5.75 Å². The summed E-state index contributed by atoms with van der Waals surface area (Å²) in [6.07, 6.45) is 0. The predicted molar refractivity (Wildman–Crippen MR) is 108 cm³/mol. The Hall–Kier alpha value is -3.65. The molecule has 140 valence electrons. The van der Waals surface area contributed by atoms with Gasteiger partial charge in [0.2, 0.25) is 0 Å². The molecule has 7 nitrogen and oxygen atoms in total. The van der Waals surface area contributed by atoms with E-state index < -0.39 is 5.91 Å². The van der Waals surface area contributed by atoms with Crippen LogP contribution in [0.3, 0.4) is 0 Å². The average Bonchev–Trinajstić information content (AvgIpc) is 3.33. The van der Waals surface area contributed by atoms with Gasteiger partial charge in [-0.25, -0.2) is 4.98 Å². The first-order chi connectivity index (χ1) is 13.6. The Balaban J connectivity index is 1.46. The number of amides is 1. The summed E-state index contributed by atoms with van der Waals surface area (Å²) in [4.78, 5) is 16.8. The minimum atomic E-state index is -0.436. The number of phenols is 1. The minimum absolute atomic E-state index is 0.0646. The van der Waals surface area contributed by atoms with Gasteiger partial charge in [0.25, 0.3) is 5.91 Å². The number of hydrogen-bond acceptors (Lipinski definition) is 7. The van der Waals surface area contributed by atoms with E-state index in [2.05, 4.69) is 20.8 Å². The molecular formula is C20H16N4O3S. The van der Waals surface area contributed by atoms with E-state index in [1.165, 1.54) is 35.1 Å². The van der Waals surface area contributed by atoms with Crippen molar-refractivity contribution in [1.29, 1.82) is 0 Å². The number of carbonyl (C=O) groups excluding carboxylic acids is 1. The summed E-state index contributed by atoms with van der Waals surface area (Å²) >= 11 is 1.43. The van der Waals surface area contributed by atoms with Gasteiger partial charge in [-0.05, 0) is 31.2 Å². The molecule has 28 heavy (non-hydrogen) atoms. The highest BCUT2D eigenvalue weighted by molar-refractivity contribution is 7.14. The summed E-state index contributed by atoms with van der Waals surface area (Å²) in [6.45, 7) is 2.03. The van der Waals surface area contributed by atoms with E-state index in [1.54, 1.807) is 12.1 Å². The quantitative estimate of drug-likeness (QED) is 0.451. The lowest BCUT2D eigenvalue weighted by Crippen LogP contribution is -2.11. The van der Waals surface area contributed by atoms with E-state index in [0.29, 0.717) is 22.3 Å². The summed E-state index contributed by atoms with van der Waals surface area (Å²) in [5.41, 5.74) is 3.30. The SMILES string of the molecule is Cc1ccc(Nc2nc(-c3cc(C(=O)Nc4cccc(O)c4)no3)cs2)cc1. The van der Waals surface area contributed by atoms with Crippen LogP contribution in [-0.4, -0.2) is 21.2 Å². The van der Waals surface area contributed by atoms with Crippen molar-refractivity contribution < 1.29 is 14.4 Å². The molecule has 2 aromatic carbocycles. The molecule has 0 radical (unpaired) electrons. The number of nitrogens with zero attached hydrogens (tertiary/aromatic N) is 2. The largest absolute Gasteiger partial charge is 0.508 e. The molecule has 0 saturated heterocycles. The monoisotopic (exact) mass is 392 g/mol. The molecule has 1 amide bonds. The zero-order chi connectivity index (χ0) is 19.5. The lowest BCUT2D eigenvalue weighted by atomic mass is 10.2. The van der Waals surface area contributed by atoms with E-state index in [-0.39, 0.29) is 11.4 Å². The minimum Gasteiger partial charge on any atom is -0.508 e. The summed E-state index contributed by atoms with van der Waals surface area (Å²) in [5.74, 6) is 0.0258. The number of benzene rings is 2. The van der Waals surface area contributed by atoms with E-state index in [4.69, 9.17) is 4.52 Å². The van der Waals surface area contributed by atoms with Crippen molar-refractivity contribution in [2.24, 2.45) is 0 Å². The first kappa shape index (κ1) is 17.7. The molecule has 3 N–H and O–H groups in total. The van der Waals surface area contributed by atoms with Crippen LogP contribution in [0.2, 0.25) is 0 Å².